The maximum atomic E-state index is 15.0. The summed E-state index contributed by atoms with van der Waals surface area (Å²) in [6.45, 7) is 3.58. The van der Waals surface area contributed by atoms with Crippen molar-refractivity contribution in [3.05, 3.63) is 47.4 Å². The van der Waals surface area contributed by atoms with E-state index in [9.17, 15) is 18.0 Å². The SMILES string of the molecule is Cc1n[nH]c(C)c1-c1ccc(NC(=O)[C@@H](NC(=O)c2ccnn2CCS(C)(=O)=O)C(C2CC2)C2CC2)nc1F. The highest BCUT2D eigenvalue weighted by Crippen LogP contribution is 2.51. The molecule has 5 rings (SSSR count). The Kier molecular flexibility index (Phi) is 7.27. The summed E-state index contributed by atoms with van der Waals surface area (Å²) >= 11 is 0. The van der Waals surface area contributed by atoms with Crippen LogP contribution < -0.4 is 10.6 Å². The van der Waals surface area contributed by atoms with Crippen molar-refractivity contribution in [3.8, 4) is 11.1 Å². The van der Waals surface area contributed by atoms with Crippen LogP contribution in [0.1, 0.15) is 47.6 Å². The van der Waals surface area contributed by atoms with Gasteiger partial charge in [-0.15, -0.1) is 0 Å². The third kappa shape index (κ3) is 6.18. The number of rotatable bonds is 11. The molecule has 2 aliphatic rings. The number of anilines is 1. The van der Waals surface area contributed by atoms with Gasteiger partial charge in [0.05, 0.1) is 18.0 Å². The van der Waals surface area contributed by atoms with Crippen molar-refractivity contribution in [2.45, 2.75) is 52.1 Å². The molecule has 3 aromatic rings. The second kappa shape index (κ2) is 10.5. The molecular formula is C26H32FN7O4S. The van der Waals surface area contributed by atoms with E-state index in [0.717, 1.165) is 31.9 Å². The van der Waals surface area contributed by atoms with Gasteiger partial charge in [0.15, 0.2) is 0 Å². The van der Waals surface area contributed by atoms with Gasteiger partial charge in [0.25, 0.3) is 5.91 Å². The van der Waals surface area contributed by atoms with Crippen molar-refractivity contribution in [3.63, 3.8) is 0 Å². The Morgan fingerprint density at radius 1 is 1.15 bits per heavy atom. The van der Waals surface area contributed by atoms with Gasteiger partial charge in [-0.3, -0.25) is 19.4 Å². The lowest BCUT2D eigenvalue weighted by Gasteiger charge is -2.27. The molecule has 3 heterocycles. The van der Waals surface area contributed by atoms with Crippen molar-refractivity contribution >= 4 is 27.5 Å². The number of nitrogens with one attached hydrogen (secondary N) is 3. The number of H-pyrrole nitrogens is 1. The number of pyridine rings is 1. The molecular weight excluding hydrogens is 525 g/mol. The molecule has 3 aromatic heterocycles. The Hall–Kier alpha value is -3.61. The van der Waals surface area contributed by atoms with Crippen LogP contribution in [0, 0.1) is 37.5 Å². The molecule has 39 heavy (non-hydrogen) atoms. The summed E-state index contributed by atoms with van der Waals surface area (Å²) in [5, 5.41) is 16.6. The smallest absolute Gasteiger partial charge is 0.270 e. The van der Waals surface area contributed by atoms with Gasteiger partial charge in [-0.05, 0) is 75.5 Å². The van der Waals surface area contributed by atoms with Crippen LogP contribution in [0.3, 0.4) is 0 Å². The number of aromatic amines is 1. The lowest BCUT2D eigenvalue weighted by molar-refractivity contribution is -0.119. The quantitative estimate of drug-likeness (QED) is 0.307. The van der Waals surface area contributed by atoms with Crippen LogP contribution in [0.5, 0.6) is 0 Å². The summed E-state index contributed by atoms with van der Waals surface area (Å²) in [6.07, 6.45) is 6.48. The highest BCUT2D eigenvalue weighted by molar-refractivity contribution is 7.90. The summed E-state index contributed by atoms with van der Waals surface area (Å²) in [6, 6.07) is 3.71. The molecule has 0 aromatic carbocycles. The van der Waals surface area contributed by atoms with E-state index in [0.29, 0.717) is 28.8 Å². The van der Waals surface area contributed by atoms with Crippen LogP contribution in [0.4, 0.5) is 10.2 Å². The normalized spacial score (nSPS) is 16.3. The Morgan fingerprint density at radius 2 is 1.85 bits per heavy atom. The van der Waals surface area contributed by atoms with Crippen molar-refractivity contribution < 1.29 is 22.4 Å². The van der Waals surface area contributed by atoms with Crippen molar-refractivity contribution in [1.82, 2.24) is 30.3 Å². The number of hydrogen-bond donors (Lipinski definition) is 3. The van der Waals surface area contributed by atoms with Crippen molar-refractivity contribution in [2.75, 3.05) is 17.3 Å². The number of carbonyl (C=O) groups excluding carboxylic acids is 2. The van der Waals surface area contributed by atoms with Gasteiger partial charge in [0, 0.05) is 29.3 Å². The van der Waals surface area contributed by atoms with Gasteiger partial charge < -0.3 is 10.6 Å². The third-order valence-electron chi connectivity index (χ3n) is 7.41. The maximum Gasteiger partial charge on any atom is 0.270 e. The van der Waals surface area contributed by atoms with Gasteiger partial charge >= 0.3 is 0 Å². The Balaban J connectivity index is 1.36. The fraction of sp³-hybridized carbons (Fsp3) is 0.500. The molecule has 1 atom stereocenters. The Bertz CT molecular complexity index is 1480. The van der Waals surface area contributed by atoms with Crippen molar-refractivity contribution in [2.24, 2.45) is 17.8 Å². The highest BCUT2D eigenvalue weighted by atomic mass is 32.2. The first-order valence-corrected chi connectivity index (χ1v) is 15.1. The topological polar surface area (TPSA) is 152 Å². The summed E-state index contributed by atoms with van der Waals surface area (Å²) in [4.78, 5) is 30.9. The van der Waals surface area contributed by atoms with Crippen LogP contribution in [0.15, 0.2) is 24.4 Å². The van der Waals surface area contributed by atoms with E-state index in [-0.39, 0.29) is 35.3 Å². The van der Waals surface area contributed by atoms with E-state index >= 15 is 4.39 Å². The number of nitrogens with zero attached hydrogens (tertiary/aromatic N) is 4. The predicted octanol–water partition coefficient (Wildman–Crippen LogP) is 2.64. The van der Waals surface area contributed by atoms with E-state index in [2.05, 4.69) is 30.9 Å². The summed E-state index contributed by atoms with van der Waals surface area (Å²) in [5.41, 5.74) is 2.41. The minimum absolute atomic E-state index is 0.0191. The average Bonchev–Trinajstić information content (AvgIpc) is 3.80. The third-order valence-corrected chi connectivity index (χ3v) is 8.33. The number of hydrogen-bond acceptors (Lipinski definition) is 7. The standard InChI is InChI=1S/C26H32FN7O4S/c1-14-21(15(2)33-32-14)18-8-9-20(29-24(18)27)30-26(36)23(22(16-4-5-16)17-6-7-17)31-25(35)19-10-11-28-34(19)12-13-39(3,37)38/h8-11,16-17,22-23H,4-7,12-13H2,1-3H3,(H,31,35)(H,32,33)(H,29,30,36)/t23-/m0/s1. The zero-order valence-corrected chi connectivity index (χ0v) is 22.9. The molecule has 11 nitrogen and oxygen atoms in total. The number of aryl methyl sites for hydroxylation is 3. The second-order valence-electron chi connectivity index (χ2n) is 10.6. The Morgan fingerprint density at radius 3 is 2.41 bits per heavy atom. The molecule has 0 saturated heterocycles. The average molecular weight is 558 g/mol. The zero-order valence-electron chi connectivity index (χ0n) is 22.1. The van der Waals surface area contributed by atoms with Crippen LogP contribution >= 0.6 is 0 Å². The first-order valence-electron chi connectivity index (χ1n) is 13.0. The molecule has 3 N–H and O–H groups in total. The van der Waals surface area contributed by atoms with Crippen LogP contribution in [-0.2, 0) is 21.2 Å². The van der Waals surface area contributed by atoms with E-state index in [1.807, 2.05) is 0 Å². The van der Waals surface area contributed by atoms with E-state index in [1.165, 1.54) is 23.0 Å². The molecule has 13 heteroatoms. The van der Waals surface area contributed by atoms with E-state index in [4.69, 9.17) is 0 Å². The lowest BCUT2D eigenvalue weighted by Crippen LogP contribution is -2.50. The van der Waals surface area contributed by atoms with E-state index < -0.39 is 33.6 Å². The van der Waals surface area contributed by atoms with Crippen molar-refractivity contribution in [1.29, 1.82) is 0 Å². The monoisotopic (exact) mass is 557 g/mol. The second-order valence-corrected chi connectivity index (χ2v) is 12.9. The van der Waals surface area contributed by atoms with Crippen LogP contribution in [0.25, 0.3) is 11.1 Å². The minimum atomic E-state index is -3.26. The summed E-state index contributed by atoms with van der Waals surface area (Å²) in [5.74, 6) is -1.26. The maximum absolute atomic E-state index is 15.0. The zero-order chi connectivity index (χ0) is 27.9. The van der Waals surface area contributed by atoms with Crippen LogP contribution in [-0.4, -0.2) is 63.2 Å². The molecule has 2 aliphatic carbocycles. The molecule has 2 amide bonds. The molecule has 0 aliphatic heterocycles. The first kappa shape index (κ1) is 27.0. The van der Waals surface area contributed by atoms with Gasteiger partial charge in [0.2, 0.25) is 11.9 Å². The number of amides is 2. The fourth-order valence-electron chi connectivity index (χ4n) is 5.24. The molecule has 2 saturated carbocycles. The Labute approximate surface area is 225 Å². The predicted molar refractivity (Wildman–Crippen MR) is 142 cm³/mol. The molecule has 0 unspecified atom stereocenters. The first-order chi connectivity index (χ1) is 18.5. The molecule has 0 radical (unpaired) electrons. The molecule has 0 spiro atoms. The summed E-state index contributed by atoms with van der Waals surface area (Å²) in [7, 11) is -3.26. The number of carbonyl (C=O) groups is 2. The number of sulfone groups is 1. The number of aromatic nitrogens is 5. The summed E-state index contributed by atoms with van der Waals surface area (Å²) < 4.78 is 39.6. The molecule has 208 valence electrons. The van der Waals surface area contributed by atoms with Crippen LogP contribution in [0.2, 0.25) is 0 Å². The molecule has 2 fully saturated rings. The largest absolute Gasteiger partial charge is 0.339 e. The number of halogens is 1. The van der Waals surface area contributed by atoms with E-state index in [1.54, 1.807) is 19.9 Å². The minimum Gasteiger partial charge on any atom is -0.339 e. The fourth-order valence-corrected chi connectivity index (χ4v) is 5.75. The van der Waals surface area contributed by atoms with Gasteiger partial charge in [0.1, 0.15) is 27.4 Å². The van der Waals surface area contributed by atoms with Gasteiger partial charge in [-0.1, -0.05) is 0 Å². The van der Waals surface area contributed by atoms with Gasteiger partial charge in [-0.2, -0.15) is 14.6 Å². The molecule has 0 bridgehead atoms. The lowest BCUT2D eigenvalue weighted by atomic mass is 9.88. The highest BCUT2D eigenvalue weighted by Gasteiger charge is 2.48. The van der Waals surface area contributed by atoms with Gasteiger partial charge in [-0.25, -0.2) is 13.4 Å².